The first-order valence-electron chi connectivity index (χ1n) is 3.00. The number of aliphatic imine (C=N–C) groups is 1. The van der Waals surface area contributed by atoms with Crippen LogP contribution in [-0.4, -0.2) is 30.4 Å². The lowest BCUT2D eigenvalue weighted by Gasteiger charge is -2.14. The molecule has 48 valence electrons. The average molecular weight is 123 g/mol. The second-order valence-corrected chi connectivity index (χ2v) is 2.06. The second-order valence-electron chi connectivity index (χ2n) is 2.06. The molecule has 0 aromatic heterocycles. The summed E-state index contributed by atoms with van der Waals surface area (Å²) in [5.41, 5.74) is 0. The van der Waals surface area contributed by atoms with Crippen LogP contribution in [0.2, 0.25) is 0 Å². The molecule has 0 aromatic rings. The van der Waals surface area contributed by atoms with Crippen LogP contribution in [0.3, 0.4) is 0 Å². The fourth-order valence-electron chi connectivity index (χ4n) is 0.761. The molecule has 3 nitrogen and oxygen atoms in total. The molecule has 1 aliphatic rings. The van der Waals surface area contributed by atoms with Gasteiger partial charge in [-0.25, -0.2) is 0 Å². The van der Waals surface area contributed by atoms with Crippen LogP contribution < -0.4 is 0 Å². The quantitative estimate of drug-likeness (QED) is 0.501. The molecule has 0 radical (unpaired) electrons. The van der Waals surface area contributed by atoms with Crippen LogP contribution in [0.5, 0.6) is 0 Å². The summed E-state index contributed by atoms with van der Waals surface area (Å²) in [6.45, 7) is 3.61. The summed E-state index contributed by atoms with van der Waals surface area (Å²) in [7, 11) is 0. The van der Waals surface area contributed by atoms with E-state index in [-0.39, 0.29) is 6.04 Å². The van der Waals surface area contributed by atoms with Crippen molar-refractivity contribution in [3.05, 3.63) is 0 Å². The van der Waals surface area contributed by atoms with E-state index in [1.54, 1.807) is 6.34 Å². The Hall–Kier alpha value is -1.04. The summed E-state index contributed by atoms with van der Waals surface area (Å²) in [6, 6.07) is 2.12. The third-order valence-electron chi connectivity index (χ3n) is 1.40. The third kappa shape index (κ3) is 1.20. The molecule has 0 fully saturated rings. The predicted molar refractivity (Wildman–Crippen MR) is 35.1 cm³/mol. The lowest BCUT2D eigenvalue weighted by atomic mass is 10.3. The maximum Gasteiger partial charge on any atom is 0.114 e. The maximum atomic E-state index is 8.44. The number of hydrogen-bond acceptors (Lipinski definition) is 3. The first-order valence-corrected chi connectivity index (χ1v) is 3.00. The summed E-state index contributed by atoms with van der Waals surface area (Å²) in [6.07, 6.45) is 1.74. The van der Waals surface area contributed by atoms with Crippen LogP contribution in [0.25, 0.3) is 0 Å². The average Bonchev–Trinajstić information content (AvgIpc) is 2.37. The van der Waals surface area contributed by atoms with Gasteiger partial charge in [-0.15, -0.1) is 0 Å². The molecule has 0 saturated carbocycles. The van der Waals surface area contributed by atoms with E-state index in [9.17, 15) is 0 Å². The van der Waals surface area contributed by atoms with Gasteiger partial charge in [-0.2, -0.15) is 5.26 Å². The third-order valence-corrected chi connectivity index (χ3v) is 1.40. The Morgan fingerprint density at radius 1 is 1.89 bits per heavy atom. The zero-order valence-electron chi connectivity index (χ0n) is 5.41. The highest BCUT2D eigenvalue weighted by atomic mass is 15.2. The van der Waals surface area contributed by atoms with Crippen molar-refractivity contribution >= 4 is 6.34 Å². The van der Waals surface area contributed by atoms with Crippen LogP contribution in [0.1, 0.15) is 6.92 Å². The first-order chi connectivity index (χ1) is 4.34. The molecule has 0 N–H and O–H groups in total. The molecule has 1 aliphatic heterocycles. The number of rotatable bonds is 1. The van der Waals surface area contributed by atoms with Gasteiger partial charge in [-0.1, -0.05) is 0 Å². The molecule has 0 amide bonds. The van der Waals surface area contributed by atoms with Gasteiger partial charge in [0.15, 0.2) is 0 Å². The van der Waals surface area contributed by atoms with Crippen molar-refractivity contribution in [2.24, 2.45) is 4.99 Å². The Balaban J connectivity index is 2.45. The molecule has 0 aliphatic carbocycles. The summed E-state index contributed by atoms with van der Waals surface area (Å²) >= 11 is 0. The van der Waals surface area contributed by atoms with E-state index < -0.39 is 0 Å². The smallest absolute Gasteiger partial charge is 0.114 e. The van der Waals surface area contributed by atoms with Gasteiger partial charge in [0.05, 0.1) is 19.0 Å². The van der Waals surface area contributed by atoms with Crippen molar-refractivity contribution in [3.8, 4) is 6.07 Å². The van der Waals surface area contributed by atoms with Crippen molar-refractivity contribution in [3.63, 3.8) is 0 Å². The molecule has 0 aromatic carbocycles. The van der Waals surface area contributed by atoms with Gasteiger partial charge in [0.25, 0.3) is 0 Å². The van der Waals surface area contributed by atoms with Gasteiger partial charge in [-0.3, -0.25) is 4.99 Å². The number of hydrogen-bond donors (Lipinski definition) is 0. The Kier molecular flexibility index (Phi) is 1.69. The molecule has 1 unspecified atom stereocenters. The Morgan fingerprint density at radius 3 is 3.11 bits per heavy atom. The van der Waals surface area contributed by atoms with Crippen LogP contribution in [0, 0.1) is 11.3 Å². The van der Waals surface area contributed by atoms with Gasteiger partial charge in [0.2, 0.25) is 0 Å². The van der Waals surface area contributed by atoms with E-state index in [1.807, 2.05) is 11.8 Å². The summed E-state index contributed by atoms with van der Waals surface area (Å²) < 4.78 is 0. The number of nitriles is 1. The molecule has 0 spiro atoms. The van der Waals surface area contributed by atoms with E-state index in [2.05, 4.69) is 11.1 Å². The highest BCUT2D eigenvalue weighted by molar-refractivity contribution is 5.58. The van der Waals surface area contributed by atoms with E-state index in [1.165, 1.54) is 0 Å². The topological polar surface area (TPSA) is 39.4 Å². The summed E-state index contributed by atoms with van der Waals surface area (Å²) in [5, 5.41) is 8.44. The molecule has 3 heteroatoms. The first kappa shape index (κ1) is 6.09. The van der Waals surface area contributed by atoms with Crippen LogP contribution in [0.15, 0.2) is 4.99 Å². The molecular formula is C6H9N3. The van der Waals surface area contributed by atoms with Gasteiger partial charge in [0.1, 0.15) is 6.04 Å². The monoisotopic (exact) mass is 123 g/mol. The Bertz CT molecular complexity index is 156. The summed E-state index contributed by atoms with van der Waals surface area (Å²) in [4.78, 5) is 5.91. The SMILES string of the molecule is CC(C#N)N1C=NCC1. The fourth-order valence-corrected chi connectivity index (χ4v) is 0.761. The molecular weight excluding hydrogens is 114 g/mol. The highest BCUT2D eigenvalue weighted by Crippen LogP contribution is 1.98. The standard InChI is InChI=1S/C6H9N3/c1-6(4-7)9-3-2-8-5-9/h5-6H,2-3H2,1H3. The molecule has 9 heavy (non-hydrogen) atoms. The van der Waals surface area contributed by atoms with Crippen LogP contribution in [0.4, 0.5) is 0 Å². The highest BCUT2D eigenvalue weighted by Gasteiger charge is 2.11. The fraction of sp³-hybridized carbons (Fsp3) is 0.667. The Morgan fingerprint density at radius 2 is 2.67 bits per heavy atom. The second kappa shape index (κ2) is 2.49. The van der Waals surface area contributed by atoms with E-state index in [0.717, 1.165) is 13.1 Å². The van der Waals surface area contributed by atoms with E-state index in [4.69, 9.17) is 5.26 Å². The van der Waals surface area contributed by atoms with Crippen molar-refractivity contribution in [2.45, 2.75) is 13.0 Å². The van der Waals surface area contributed by atoms with Crippen molar-refractivity contribution < 1.29 is 0 Å². The van der Waals surface area contributed by atoms with Crippen LogP contribution in [-0.2, 0) is 0 Å². The molecule has 1 rings (SSSR count). The largest absolute Gasteiger partial charge is 0.345 e. The maximum absolute atomic E-state index is 8.44. The minimum atomic E-state index is -0.0174. The zero-order chi connectivity index (χ0) is 6.69. The number of nitrogens with zero attached hydrogens (tertiary/aromatic N) is 3. The zero-order valence-corrected chi connectivity index (χ0v) is 5.41. The van der Waals surface area contributed by atoms with Crippen molar-refractivity contribution in [1.82, 2.24) is 4.90 Å². The minimum Gasteiger partial charge on any atom is -0.345 e. The van der Waals surface area contributed by atoms with Crippen LogP contribution >= 0.6 is 0 Å². The van der Waals surface area contributed by atoms with Gasteiger partial charge in [0, 0.05) is 6.54 Å². The van der Waals surface area contributed by atoms with E-state index >= 15 is 0 Å². The van der Waals surface area contributed by atoms with Gasteiger partial charge in [-0.05, 0) is 6.92 Å². The molecule has 0 bridgehead atoms. The lowest BCUT2D eigenvalue weighted by molar-refractivity contribution is 0.428. The molecule has 0 saturated heterocycles. The van der Waals surface area contributed by atoms with Gasteiger partial charge < -0.3 is 4.90 Å². The molecule has 1 atom stereocenters. The van der Waals surface area contributed by atoms with E-state index in [0.29, 0.717) is 0 Å². The van der Waals surface area contributed by atoms with Crippen molar-refractivity contribution in [2.75, 3.05) is 13.1 Å². The summed E-state index contributed by atoms with van der Waals surface area (Å²) in [5.74, 6) is 0. The minimum absolute atomic E-state index is 0.0174. The normalized spacial score (nSPS) is 19.8. The Labute approximate surface area is 54.6 Å². The molecule has 1 heterocycles. The van der Waals surface area contributed by atoms with Crippen molar-refractivity contribution in [1.29, 1.82) is 5.26 Å². The van der Waals surface area contributed by atoms with Gasteiger partial charge >= 0.3 is 0 Å². The predicted octanol–water partition coefficient (Wildman–Crippen LogP) is 0.242. The lowest BCUT2D eigenvalue weighted by Crippen LogP contribution is -2.28.